The molecule has 0 aliphatic heterocycles. The molecule has 0 spiro atoms. The topological polar surface area (TPSA) is 93.2 Å². The largest absolute Gasteiger partial charge is 0.393 e. The molecule has 0 heterocycles. The Bertz CT molecular complexity index is 757. The van der Waals surface area contributed by atoms with Crippen LogP contribution in [0.5, 0.6) is 0 Å². The van der Waals surface area contributed by atoms with Crippen molar-refractivity contribution in [1.82, 2.24) is 0 Å². The lowest BCUT2D eigenvalue weighted by atomic mass is 10.2. The summed E-state index contributed by atoms with van der Waals surface area (Å²) in [6, 6.07) is 8.24. The van der Waals surface area contributed by atoms with Crippen LogP contribution in [0.3, 0.4) is 0 Å². The Labute approximate surface area is 135 Å². The molecule has 2 aromatic rings. The predicted octanol–water partition coefficient (Wildman–Crippen LogP) is 3.78. The van der Waals surface area contributed by atoms with E-state index in [1.54, 1.807) is 6.07 Å². The highest BCUT2D eigenvalue weighted by Crippen LogP contribution is 2.25. The first kappa shape index (κ1) is 15.9. The number of benzene rings is 2. The van der Waals surface area contributed by atoms with Crippen molar-refractivity contribution in [3.8, 4) is 0 Å². The highest BCUT2D eigenvalue weighted by atomic mass is 35.5. The number of hydrogen-bond acceptors (Lipinski definition) is 4. The average Bonchev–Trinajstić information content (AvgIpc) is 2.44. The van der Waals surface area contributed by atoms with Crippen LogP contribution < -0.4 is 16.4 Å². The lowest BCUT2D eigenvalue weighted by Crippen LogP contribution is -2.19. The Morgan fingerprint density at radius 1 is 1.23 bits per heavy atom. The maximum Gasteiger partial charge on any atom is 0.294 e. The molecule has 0 bridgehead atoms. The molecule has 2 aromatic carbocycles. The second-order valence-electron chi connectivity index (χ2n) is 4.24. The fourth-order valence-electron chi connectivity index (χ4n) is 1.65. The average molecular weight is 341 g/mol. The number of thiocarbonyl (C=S) groups is 1. The summed E-state index contributed by atoms with van der Waals surface area (Å²) in [5.41, 5.74) is 6.21. The van der Waals surface area contributed by atoms with Crippen LogP contribution in [-0.4, -0.2) is 10.0 Å². The highest BCUT2D eigenvalue weighted by molar-refractivity contribution is 7.80. The van der Waals surface area contributed by atoms with E-state index in [-0.39, 0.29) is 21.5 Å². The van der Waals surface area contributed by atoms with E-state index in [2.05, 4.69) is 10.6 Å². The third-order valence-electron chi connectivity index (χ3n) is 2.66. The summed E-state index contributed by atoms with van der Waals surface area (Å²) in [4.78, 5) is 10.2. The first-order valence-corrected chi connectivity index (χ1v) is 6.72. The van der Waals surface area contributed by atoms with Gasteiger partial charge in [0.05, 0.1) is 9.95 Å². The van der Waals surface area contributed by atoms with Gasteiger partial charge in [0, 0.05) is 17.4 Å². The zero-order chi connectivity index (χ0) is 16.3. The van der Waals surface area contributed by atoms with Crippen molar-refractivity contribution in [2.45, 2.75) is 0 Å². The molecule has 0 aliphatic rings. The molecule has 2 rings (SSSR count). The Hall–Kier alpha value is -2.45. The molecule has 4 N–H and O–H groups in total. The van der Waals surface area contributed by atoms with Crippen molar-refractivity contribution in [2.24, 2.45) is 0 Å². The number of hydrogen-bond donors (Lipinski definition) is 3. The number of nitrogens with one attached hydrogen (secondary N) is 2. The van der Waals surface area contributed by atoms with Gasteiger partial charge in [0.25, 0.3) is 5.69 Å². The minimum atomic E-state index is -0.587. The van der Waals surface area contributed by atoms with Gasteiger partial charge in [0.1, 0.15) is 11.5 Å². The van der Waals surface area contributed by atoms with Gasteiger partial charge in [-0.05, 0) is 42.5 Å². The fraction of sp³-hybridized carbons (Fsp3) is 0. The zero-order valence-corrected chi connectivity index (χ0v) is 12.5. The van der Waals surface area contributed by atoms with Crippen LogP contribution in [0.2, 0.25) is 5.02 Å². The van der Waals surface area contributed by atoms with Crippen LogP contribution in [0.4, 0.5) is 27.1 Å². The molecule has 6 nitrogen and oxygen atoms in total. The number of halogens is 2. The molecule has 0 amide bonds. The predicted molar refractivity (Wildman–Crippen MR) is 88.8 cm³/mol. The number of nitro groups is 1. The molecule has 0 radical (unpaired) electrons. The molecule has 0 saturated heterocycles. The lowest BCUT2D eigenvalue weighted by molar-refractivity contribution is -0.383. The Kier molecular flexibility index (Phi) is 4.74. The molecule has 0 saturated carbocycles. The summed E-state index contributed by atoms with van der Waals surface area (Å²) in [7, 11) is 0. The maximum atomic E-state index is 13.1. The van der Waals surface area contributed by atoms with Gasteiger partial charge < -0.3 is 16.4 Å². The van der Waals surface area contributed by atoms with Gasteiger partial charge in [-0.25, -0.2) is 4.39 Å². The quantitative estimate of drug-likeness (QED) is 0.341. The molecule has 22 heavy (non-hydrogen) atoms. The summed E-state index contributed by atoms with van der Waals surface area (Å²) >= 11 is 10.7. The van der Waals surface area contributed by atoms with Gasteiger partial charge in [-0.15, -0.1) is 0 Å². The van der Waals surface area contributed by atoms with Gasteiger partial charge in [-0.2, -0.15) is 0 Å². The van der Waals surface area contributed by atoms with E-state index >= 15 is 0 Å². The Morgan fingerprint density at radius 3 is 2.41 bits per heavy atom. The molecule has 0 aromatic heterocycles. The lowest BCUT2D eigenvalue weighted by Gasteiger charge is -2.11. The van der Waals surface area contributed by atoms with Gasteiger partial charge in [0.15, 0.2) is 5.11 Å². The monoisotopic (exact) mass is 340 g/mol. The summed E-state index contributed by atoms with van der Waals surface area (Å²) in [5, 5.41) is 16.5. The normalized spacial score (nSPS) is 10.1. The molecular weight excluding hydrogens is 331 g/mol. The highest BCUT2D eigenvalue weighted by Gasteiger charge is 2.12. The Morgan fingerprint density at radius 2 is 1.82 bits per heavy atom. The number of rotatable bonds is 3. The van der Waals surface area contributed by atoms with Crippen molar-refractivity contribution in [1.29, 1.82) is 0 Å². The van der Waals surface area contributed by atoms with Crippen LogP contribution in [0.15, 0.2) is 36.4 Å². The van der Waals surface area contributed by atoms with Crippen LogP contribution in [0, 0.1) is 15.9 Å². The molecule has 0 aliphatic carbocycles. The fourth-order valence-corrected chi connectivity index (χ4v) is 2.06. The molecule has 0 atom stereocenters. The molecule has 0 fully saturated rings. The van der Waals surface area contributed by atoms with E-state index in [4.69, 9.17) is 29.6 Å². The molecule has 0 unspecified atom stereocenters. The van der Waals surface area contributed by atoms with E-state index in [9.17, 15) is 14.5 Å². The summed E-state index contributed by atoms with van der Waals surface area (Å²) < 4.78 is 13.1. The van der Waals surface area contributed by atoms with Crippen molar-refractivity contribution in [3.05, 3.63) is 57.4 Å². The van der Waals surface area contributed by atoms with E-state index in [1.165, 1.54) is 30.3 Å². The van der Waals surface area contributed by atoms with Crippen LogP contribution in [0.25, 0.3) is 0 Å². The smallest absolute Gasteiger partial charge is 0.294 e. The minimum absolute atomic E-state index is 0.0454. The zero-order valence-electron chi connectivity index (χ0n) is 11.0. The third-order valence-corrected chi connectivity index (χ3v) is 3.16. The number of nitro benzene ring substituents is 1. The maximum absolute atomic E-state index is 13.1. The van der Waals surface area contributed by atoms with Crippen molar-refractivity contribution >= 4 is 51.7 Å². The third kappa shape index (κ3) is 3.80. The number of nitrogens with two attached hydrogens (primary N) is 1. The van der Waals surface area contributed by atoms with Gasteiger partial charge >= 0.3 is 0 Å². The van der Waals surface area contributed by atoms with Crippen LogP contribution in [0.1, 0.15) is 0 Å². The van der Waals surface area contributed by atoms with Gasteiger partial charge in [0.2, 0.25) is 0 Å². The molecule has 9 heteroatoms. The van der Waals surface area contributed by atoms with Crippen molar-refractivity contribution in [2.75, 3.05) is 16.4 Å². The minimum Gasteiger partial charge on any atom is -0.393 e. The molecule has 114 valence electrons. The number of nitrogen functional groups attached to an aromatic ring is 1. The first-order chi connectivity index (χ1) is 10.4. The summed E-state index contributed by atoms with van der Waals surface area (Å²) in [6.07, 6.45) is 0. The van der Waals surface area contributed by atoms with E-state index in [0.717, 1.165) is 0 Å². The van der Waals surface area contributed by atoms with Crippen LogP contribution >= 0.6 is 23.8 Å². The number of nitrogens with zero attached hydrogens (tertiary/aromatic N) is 1. The summed E-state index contributed by atoms with van der Waals surface area (Å²) in [6.45, 7) is 0. The van der Waals surface area contributed by atoms with Gasteiger partial charge in [-0.1, -0.05) is 11.6 Å². The standard InChI is InChI=1S/C13H10ClFN4O2S/c14-9-5-7(1-3-10(9)15)17-13(22)18-8-2-4-11(16)12(6-8)19(20)21/h1-6H,16H2,(H2,17,18,22). The molecular formula is C13H10ClFN4O2S. The second kappa shape index (κ2) is 6.54. The number of anilines is 3. The first-order valence-electron chi connectivity index (χ1n) is 5.94. The van der Waals surface area contributed by atoms with E-state index < -0.39 is 10.7 Å². The van der Waals surface area contributed by atoms with E-state index in [1.807, 2.05) is 0 Å². The SMILES string of the molecule is Nc1ccc(NC(=S)Nc2ccc(F)c(Cl)c2)cc1[N+](=O)[O-]. The van der Waals surface area contributed by atoms with Crippen LogP contribution in [-0.2, 0) is 0 Å². The second-order valence-corrected chi connectivity index (χ2v) is 5.05. The summed E-state index contributed by atoms with van der Waals surface area (Å²) in [5.74, 6) is -0.541. The van der Waals surface area contributed by atoms with Crippen molar-refractivity contribution < 1.29 is 9.31 Å². The van der Waals surface area contributed by atoms with Gasteiger partial charge in [-0.3, -0.25) is 10.1 Å². The van der Waals surface area contributed by atoms with E-state index in [0.29, 0.717) is 11.4 Å². The Balaban J connectivity index is 2.10. The van der Waals surface area contributed by atoms with Crippen molar-refractivity contribution in [3.63, 3.8) is 0 Å².